The van der Waals surface area contributed by atoms with Crippen LogP contribution < -0.4 is 10.6 Å². The Bertz CT molecular complexity index is 933. The van der Waals surface area contributed by atoms with Crippen LogP contribution in [0.25, 0.3) is 0 Å². The number of rotatable bonds is 4. The molecule has 1 aliphatic heterocycles. The summed E-state index contributed by atoms with van der Waals surface area (Å²) in [7, 11) is -3.05. The first-order chi connectivity index (χ1) is 11.9. The topological polar surface area (TPSA) is 112 Å². The normalized spacial score (nSPS) is 18.3. The number of anilines is 2. The third-order valence-corrected chi connectivity index (χ3v) is 5.63. The minimum Gasteiger partial charge on any atom is -0.355 e. The van der Waals surface area contributed by atoms with E-state index in [1.165, 1.54) is 6.20 Å². The number of nitrogens with one attached hydrogen (secondary N) is 2. The molecular formula is C17H16N4O3S. The third-order valence-electron chi connectivity index (χ3n) is 3.86. The van der Waals surface area contributed by atoms with Crippen LogP contribution in [0.2, 0.25) is 0 Å². The first kappa shape index (κ1) is 16.9. The predicted molar refractivity (Wildman–Crippen MR) is 93.2 cm³/mol. The molecule has 0 aliphatic carbocycles. The molecule has 1 amide bonds. The fourth-order valence-corrected chi connectivity index (χ4v) is 4.27. The molecule has 2 N–H and O–H groups in total. The van der Waals surface area contributed by atoms with E-state index < -0.39 is 15.7 Å². The van der Waals surface area contributed by atoms with E-state index in [4.69, 9.17) is 5.26 Å². The van der Waals surface area contributed by atoms with Gasteiger partial charge in [0.15, 0.2) is 9.84 Å². The van der Waals surface area contributed by atoms with Gasteiger partial charge in [0.1, 0.15) is 5.69 Å². The summed E-state index contributed by atoms with van der Waals surface area (Å²) in [6, 6.07) is 11.9. The van der Waals surface area contributed by atoms with E-state index in [9.17, 15) is 13.2 Å². The molecule has 1 aliphatic rings. The van der Waals surface area contributed by atoms with Crippen LogP contribution in [0.15, 0.2) is 42.6 Å². The molecular weight excluding hydrogens is 340 g/mol. The van der Waals surface area contributed by atoms with Crippen molar-refractivity contribution in [3.63, 3.8) is 0 Å². The van der Waals surface area contributed by atoms with E-state index >= 15 is 0 Å². The standard InChI is InChI=1S/C17H16N4O3S/c18-10-12-1-3-13(4-2-12)20-14-5-7-19-16(9-14)17(22)21-15-6-8-25(23,24)11-15/h1-5,7,9,15H,6,8,11H2,(H,19,20)(H,21,22). The quantitative estimate of drug-likeness (QED) is 0.861. The number of nitriles is 1. The van der Waals surface area contributed by atoms with Gasteiger partial charge in [-0.15, -0.1) is 0 Å². The van der Waals surface area contributed by atoms with Crippen molar-refractivity contribution in [3.05, 3.63) is 53.9 Å². The molecule has 0 bridgehead atoms. The zero-order chi connectivity index (χ0) is 17.9. The molecule has 8 heteroatoms. The van der Waals surface area contributed by atoms with Gasteiger partial charge in [-0.1, -0.05) is 0 Å². The van der Waals surface area contributed by atoms with Crippen LogP contribution in [0.1, 0.15) is 22.5 Å². The summed E-state index contributed by atoms with van der Waals surface area (Å²) in [4.78, 5) is 16.3. The fourth-order valence-electron chi connectivity index (χ4n) is 2.60. The van der Waals surface area contributed by atoms with Crippen molar-refractivity contribution in [2.45, 2.75) is 12.5 Å². The fraction of sp³-hybridized carbons (Fsp3) is 0.235. The zero-order valence-corrected chi connectivity index (χ0v) is 14.1. The van der Waals surface area contributed by atoms with Gasteiger partial charge in [-0.3, -0.25) is 9.78 Å². The highest BCUT2D eigenvalue weighted by Gasteiger charge is 2.29. The number of amides is 1. The maximum Gasteiger partial charge on any atom is 0.270 e. The Morgan fingerprint density at radius 1 is 1.20 bits per heavy atom. The summed E-state index contributed by atoms with van der Waals surface area (Å²) >= 11 is 0. The first-order valence-corrected chi connectivity index (χ1v) is 9.52. The lowest BCUT2D eigenvalue weighted by Gasteiger charge is -2.11. The molecule has 1 saturated heterocycles. The number of carbonyl (C=O) groups excluding carboxylic acids is 1. The van der Waals surface area contributed by atoms with Crippen LogP contribution in [0.3, 0.4) is 0 Å². The van der Waals surface area contributed by atoms with E-state index in [-0.39, 0.29) is 23.2 Å². The Morgan fingerprint density at radius 3 is 2.60 bits per heavy atom. The second-order valence-corrected chi connectivity index (χ2v) is 8.05. The minimum absolute atomic E-state index is 0.0259. The Morgan fingerprint density at radius 2 is 1.96 bits per heavy atom. The Balaban J connectivity index is 1.68. The van der Waals surface area contributed by atoms with E-state index in [1.807, 2.05) is 6.07 Å². The van der Waals surface area contributed by atoms with E-state index in [1.54, 1.807) is 36.4 Å². The number of hydrogen-bond acceptors (Lipinski definition) is 6. The van der Waals surface area contributed by atoms with Crippen LogP contribution >= 0.6 is 0 Å². The van der Waals surface area contributed by atoms with Crippen molar-refractivity contribution in [2.24, 2.45) is 0 Å². The van der Waals surface area contributed by atoms with Gasteiger partial charge >= 0.3 is 0 Å². The molecule has 7 nitrogen and oxygen atoms in total. The van der Waals surface area contributed by atoms with Gasteiger partial charge in [-0.05, 0) is 42.8 Å². The molecule has 1 atom stereocenters. The average molecular weight is 356 g/mol. The Hall–Kier alpha value is -2.92. The van der Waals surface area contributed by atoms with Gasteiger partial charge in [-0.25, -0.2) is 8.42 Å². The average Bonchev–Trinajstić information content (AvgIpc) is 2.94. The molecule has 128 valence electrons. The lowest BCUT2D eigenvalue weighted by atomic mass is 10.2. The van der Waals surface area contributed by atoms with Gasteiger partial charge in [0.05, 0.1) is 23.1 Å². The summed E-state index contributed by atoms with van der Waals surface area (Å²) in [5, 5.41) is 14.6. The molecule has 3 rings (SSSR count). The smallest absolute Gasteiger partial charge is 0.270 e. The summed E-state index contributed by atoms with van der Waals surface area (Å²) in [5.74, 6) is -0.321. The number of nitrogens with zero attached hydrogens (tertiary/aromatic N) is 2. The summed E-state index contributed by atoms with van der Waals surface area (Å²) in [5.41, 5.74) is 2.22. The van der Waals surface area contributed by atoms with Crippen LogP contribution in [0.4, 0.5) is 11.4 Å². The molecule has 1 unspecified atom stereocenters. The number of sulfone groups is 1. The first-order valence-electron chi connectivity index (χ1n) is 7.70. The van der Waals surface area contributed by atoms with Gasteiger partial charge in [0.25, 0.3) is 5.91 Å². The molecule has 1 aromatic heterocycles. The van der Waals surface area contributed by atoms with Gasteiger partial charge < -0.3 is 10.6 Å². The molecule has 2 aromatic rings. The van der Waals surface area contributed by atoms with Crippen molar-refractivity contribution < 1.29 is 13.2 Å². The summed E-state index contributed by atoms with van der Waals surface area (Å²) in [6.45, 7) is 0. The number of carbonyl (C=O) groups is 1. The lowest BCUT2D eigenvalue weighted by Crippen LogP contribution is -2.36. The maximum atomic E-state index is 12.3. The Labute approximate surface area is 145 Å². The van der Waals surface area contributed by atoms with Crippen LogP contribution in [0.5, 0.6) is 0 Å². The Kier molecular flexibility index (Phi) is 4.67. The molecule has 2 heterocycles. The number of hydrogen-bond donors (Lipinski definition) is 2. The number of aromatic nitrogens is 1. The molecule has 0 radical (unpaired) electrons. The van der Waals surface area contributed by atoms with Crippen molar-refractivity contribution in [3.8, 4) is 6.07 Å². The molecule has 1 aromatic carbocycles. The van der Waals surface area contributed by atoms with Crippen LogP contribution in [-0.4, -0.2) is 36.9 Å². The van der Waals surface area contributed by atoms with E-state index in [0.717, 1.165) is 5.69 Å². The molecule has 25 heavy (non-hydrogen) atoms. The molecule has 0 saturated carbocycles. The number of pyridine rings is 1. The lowest BCUT2D eigenvalue weighted by molar-refractivity contribution is 0.0936. The minimum atomic E-state index is -3.05. The van der Waals surface area contributed by atoms with Gasteiger partial charge in [0, 0.05) is 23.6 Å². The second-order valence-electron chi connectivity index (χ2n) is 5.82. The third kappa shape index (κ3) is 4.33. The highest BCUT2D eigenvalue weighted by molar-refractivity contribution is 7.91. The molecule has 0 spiro atoms. The van der Waals surface area contributed by atoms with Crippen molar-refractivity contribution in [1.29, 1.82) is 5.26 Å². The van der Waals surface area contributed by atoms with E-state index in [2.05, 4.69) is 15.6 Å². The van der Waals surface area contributed by atoms with Gasteiger partial charge in [0.2, 0.25) is 0 Å². The predicted octanol–water partition coefficient (Wildman–Crippen LogP) is 1.61. The summed E-state index contributed by atoms with van der Waals surface area (Å²) in [6.07, 6.45) is 1.93. The van der Waals surface area contributed by atoms with Crippen molar-refractivity contribution in [2.75, 3.05) is 16.8 Å². The van der Waals surface area contributed by atoms with Crippen molar-refractivity contribution in [1.82, 2.24) is 10.3 Å². The monoisotopic (exact) mass is 356 g/mol. The summed E-state index contributed by atoms with van der Waals surface area (Å²) < 4.78 is 22.9. The second kappa shape index (κ2) is 6.91. The highest BCUT2D eigenvalue weighted by Crippen LogP contribution is 2.18. The van der Waals surface area contributed by atoms with Gasteiger partial charge in [-0.2, -0.15) is 5.26 Å². The molecule has 1 fully saturated rings. The van der Waals surface area contributed by atoms with E-state index in [0.29, 0.717) is 17.7 Å². The maximum absolute atomic E-state index is 12.3. The highest BCUT2D eigenvalue weighted by atomic mass is 32.2. The van der Waals surface area contributed by atoms with Crippen LogP contribution in [-0.2, 0) is 9.84 Å². The zero-order valence-electron chi connectivity index (χ0n) is 13.3. The van der Waals surface area contributed by atoms with Crippen LogP contribution in [0, 0.1) is 11.3 Å². The SMILES string of the molecule is N#Cc1ccc(Nc2ccnc(C(=O)NC3CCS(=O)(=O)C3)c2)cc1. The number of benzene rings is 1. The largest absolute Gasteiger partial charge is 0.355 e. The van der Waals surface area contributed by atoms with Crippen molar-refractivity contribution >= 4 is 27.1 Å².